The van der Waals surface area contributed by atoms with E-state index in [1.54, 1.807) is 24.8 Å². The van der Waals surface area contributed by atoms with Crippen molar-refractivity contribution in [3.05, 3.63) is 45.4 Å². The Kier molecular flexibility index (Phi) is 4.83. The summed E-state index contributed by atoms with van der Waals surface area (Å²) in [4.78, 5) is 26.7. The maximum Gasteiger partial charge on any atom is 0.237 e. The van der Waals surface area contributed by atoms with Crippen molar-refractivity contribution in [3.63, 3.8) is 0 Å². The number of aryl methyl sites for hydroxylation is 1. The van der Waals surface area contributed by atoms with Crippen molar-refractivity contribution in [1.29, 1.82) is 0 Å². The number of nitrogens with one attached hydrogen (secondary N) is 1. The highest BCUT2D eigenvalue weighted by Gasteiger charge is 2.46. The molecule has 1 aromatic carbocycles. The standard InChI is InChI=1S/C16H15BrClFN4O2/c1-22-7-8(13-12(17)14(18)21-23(13)2)11(16(22)25)15(24)20-10-6-4-3-5-9(10)19/h3-6,8,11H,7H2,1-2H3,(H,20,24)/t8?,11-/m0/s1. The molecule has 9 heteroatoms. The third kappa shape index (κ3) is 3.16. The zero-order valence-electron chi connectivity index (χ0n) is 13.5. The van der Waals surface area contributed by atoms with E-state index in [4.69, 9.17) is 11.6 Å². The van der Waals surface area contributed by atoms with Gasteiger partial charge >= 0.3 is 0 Å². The number of likely N-dealkylation sites (tertiary alicyclic amines) is 1. The fourth-order valence-electron chi connectivity index (χ4n) is 3.09. The van der Waals surface area contributed by atoms with Crippen LogP contribution >= 0.6 is 27.5 Å². The zero-order chi connectivity index (χ0) is 18.3. The predicted octanol–water partition coefficient (Wildman–Crippen LogP) is 2.79. The van der Waals surface area contributed by atoms with E-state index in [9.17, 15) is 14.0 Å². The van der Waals surface area contributed by atoms with Gasteiger partial charge in [-0.2, -0.15) is 5.10 Å². The van der Waals surface area contributed by atoms with E-state index >= 15 is 0 Å². The molecule has 3 rings (SSSR count). The van der Waals surface area contributed by atoms with Crippen LogP contribution in [-0.4, -0.2) is 40.1 Å². The summed E-state index contributed by atoms with van der Waals surface area (Å²) in [6, 6.07) is 5.82. The quantitative estimate of drug-likeness (QED) is 0.763. The molecule has 0 radical (unpaired) electrons. The first-order chi connectivity index (χ1) is 11.8. The van der Waals surface area contributed by atoms with Gasteiger partial charge in [-0.15, -0.1) is 0 Å². The summed E-state index contributed by atoms with van der Waals surface area (Å²) in [5.41, 5.74) is 0.687. The van der Waals surface area contributed by atoms with E-state index in [0.29, 0.717) is 16.7 Å². The lowest BCUT2D eigenvalue weighted by atomic mass is 9.91. The Balaban J connectivity index is 1.95. The number of halogens is 3. The minimum atomic E-state index is -0.993. The maximum absolute atomic E-state index is 13.8. The van der Waals surface area contributed by atoms with Crippen LogP contribution in [0.2, 0.25) is 5.15 Å². The molecule has 1 aromatic heterocycles. The van der Waals surface area contributed by atoms with Crippen molar-refractivity contribution in [2.24, 2.45) is 13.0 Å². The highest BCUT2D eigenvalue weighted by atomic mass is 79.9. The average Bonchev–Trinajstić information content (AvgIpc) is 2.98. The number of amides is 2. The molecule has 1 aliphatic rings. The number of benzene rings is 1. The molecule has 1 fully saturated rings. The van der Waals surface area contributed by atoms with Crippen molar-refractivity contribution in [1.82, 2.24) is 14.7 Å². The first-order valence-corrected chi connectivity index (χ1v) is 8.66. The van der Waals surface area contributed by atoms with Crippen LogP contribution in [0.4, 0.5) is 10.1 Å². The van der Waals surface area contributed by atoms with Gasteiger partial charge in [-0.05, 0) is 28.1 Å². The fourth-order valence-corrected chi connectivity index (χ4v) is 3.93. The number of likely N-dealkylation sites (N-methyl/N-ethyl adjacent to an activating group) is 1. The van der Waals surface area contributed by atoms with Gasteiger partial charge in [0.2, 0.25) is 11.8 Å². The predicted molar refractivity (Wildman–Crippen MR) is 94.8 cm³/mol. The molecule has 0 saturated carbocycles. The Morgan fingerprint density at radius 2 is 2.08 bits per heavy atom. The van der Waals surface area contributed by atoms with Gasteiger partial charge in [0.15, 0.2) is 5.15 Å². The Morgan fingerprint density at radius 3 is 2.68 bits per heavy atom. The number of hydrogen-bond donors (Lipinski definition) is 1. The zero-order valence-corrected chi connectivity index (χ0v) is 15.8. The SMILES string of the molecule is CN1CC(c2c(Br)c(Cl)nn2C)[C@@H](C(=O)Nc2ccccc2F)C1=O. The molecule has 2 aromatic rings. The van der Waals surface area contributed by atoms with Crippen LogP contribution in [-0.2, 0) is 16.6 Å². The van der Waals surface area contributed by atoms with Gasteiger partial charge in [0, 0.05) is 26.6 Å². The highest BCUT2D eigenvalue weighted by molar-refractivity contribution is 9.10. The van der Waals surface area contributed by atoms with Gasteiger partial charge < -0.3 is 10.2 Å². The summed E-state index contributed by atoms with van der Waals surface area (Å²) in [5.74, 6) is -2.90. The number of rotatable bonds is 3. The molecule has 2 atom stereocenters. The van der Waals surface area contributed by atoms with Gasteiger partial charge in [0.05, 0.1) is 15.9 Å². The van der Waals surface area contributed by atoms with E-state index < -0.39 is 23.6 Å². The maximum atomic E-state index is 13.8. The first-order valence-electron chi connectivity index (χ1n) is 7.49. The monoisotopic (exact) mass is 428 g/mol. The van der Waals surface area contributed by atoms with Crippen molar-refractivity contribution >= 4 is 45.0 Å². The third-order valence-corrected chi connectivity index (χ3v) is 5.55. The van der Waals surface area contributed by atoms with E-state index in [2.05, 4.69) is 26.3 Å². The van der Waals surface area contributed by atoms with Gasteiger partial charge in [0.1, 0.15) is 11.7 Å². The minimum absolute atomic E-state index is 0.0377. The average molecular weight is 430 g/mol. The Hall–Kier alpha value is -1.93. The smallest absolute Gasteiger partial charge is 0.237 e. The van der Waals surface area contributed by atoms with Gasteiger partial charge in [-0.3, -0.25) is 14.3 Å². The van der Waals surface area contributed by atoms with Crippen molar-refractivity contribution < 1.29 is 14.0 Å². The summed E-state index contributed by atoms with van der Waals surface area (Å²) in [6.45, 7) is 0.336. The van der Waals surface area contributed by atoms with Gasteiger partial charge in [-0.25, -0.2) is 4.39 Å². The van der Waals surface area contributed by atoms with Crippen LogP contribution in [0, 0.1) is 11.7 Å². The number of carbonyl (C=O) groups is 2. The summed E-state index contributed by atoms with van der Waals surface area (Å²) < 4.78 is 15.9. The summed E-state index contributed by atoms with van der Waals surface area (Å²) in [7, 11) is 3.32. The van der Waals surface area contributed by atoms with Crippen LogP contribution in [0.3, 0.4) is 0 Å². The molecule has 0 bridgehead atoms. The third-order valence-electron chi connectivity index (χ3n) is 4.27. The summed E-state index contributed by atoms with van der Waals surface area (Å²) in [6.07, 6.45) is 0. The Labute approximate surface area is 157 Å². The molecule has 2 amide bonds. The molecular formula is C16H15BrClFN4O2. The van der Waals surface area contributed by atoms with E-state index in [1.165, 1.54) is 23.1 Å². The summed E-state index contributed by atoms with van der Waals surface area (Å²) >= 11 is 9.41. The molecule has 1 N–H and O–H groups in total. The number of nitrogens with zero attached hydrogens (tertiary/aromatic N) is 3. The molecule has 0 aliphatic carbocycles. The number of hydrogen-bond acceptors (Lipinski definition) is 3. The molecule has 0 spiro atoms. The van der Waals surface area contributed by atoms with Gasteiger partial charge in [0.25, 0.3) is 0 Å². The topological polar surface area (TPSA) is 67.2 Å². The molecule has 2 heterocycles. The largest absolute Gasteiger partial charge is 0.344 e. The molecule has 1 saturated heterocycles. The van der Waals surface area contributed by atoms with Crippen LogP contribution in [0.5, 0.6) is 0 Å². The van der Waals surface area contributed by atoms with E-state index in [1.807, 2.05) is 0 Å². The lowest BCUT2D eigenvalue weighted by molar-refractivity contribution is -0.135. The second-order valence-corrected chi connectivity index (χ2v) is 7.04. The number of carbonyl (C=O) groups excluding carboxylic acids is 2. The first kappa shape index (κ1) is 17.9. The number of aromatic nitrogens is 2. The normalized spacial score (nSPS) is 20.2. The van der Waals surface area contributed by atoms with Crippen LogP contribution in [0.25, 0.3) is 0 Å². The van der Waals surface area contributed by atoms with E-state index in [-0.39, 0.29) is 16.7 Å². The Morgan fingerprint density at radius 1 is 1.40 bits per heavy atom. The van der Waals surface area contributed by atoms with Crippen LogP contribution in [0.1, 0.15) is 11.6 Å². The van der Waals surface area contributed by atoms with Crippen LogP contribution in [0.15, 0.2) is 28.7 Å². The number of para-hydroxylation sites is 1. The second-order valence-electron chi connectivity index (χ2n) is 5.89. The summed E-state index contributed by atoms with van der Waals surface area (Å²) in [5, 5.41) is 6.88. The Bertz CT molecular complexity index is 857. The second kappa shape index (κ2) is 6.76. The van der Waals surface area contributed by atoms with Crippen LogP contribution < -0.4 is 5.32 Å². The molecule has 1 aliphatic heterocycles. The molecule has 1 unspecified atom stereocenters. The molecule has 25 heavy (non-hydrogen) atoms. The number of anilines is 1. The van der Waals surface area contributed by atoms with Crippen molar-refractivity contribution in [2.45, 2.75) is 5.92 Å². The van der Waals surface area contributed by atoms with E-state index in [0.717, 1.165) is 0 Å². The lowest BCUT2D eigenvalue weighted by Crippen LogP contribution is -2.33. The lowest BCUT2D eigenvalue weighted by Gasteiger charge is -2.17. The molecular weight excluding hydrogens is 415 g/mol. The highest BCUT2D eigenvalue weighted by Crippen LogP contribution is 2.39. The fraction of sp³-hybridized carbons (Fsp3) is 0.312. The van der Waals surface area contributed by atoms with Crippen molar-refractivity contribution in [2.75, 3.05) is 18.9 Å². The minimum Gasteiger partial charge on any atom is -0.344 e. The van der Waals surface area contributed by atoms with Gasteiger partial charge in [-0.1, -0.05) is 23.7 Å². The van der Waals surface area contributed by atoms with Crippen molar-refractivity contribution in [3.8, 4) is 0 Å². The molecule has 6 nitrogen and oxygen atoms in total. The molecule has 132 valence electrons.